The van der Waals surface area contributed by atoms with E-state index in [1.165, 1.54) is 0 Å². The number of imide groups is 2. The van der Waals surface area contributed by atoms with Crippen molar-refractivity contribution in [3.05, 3.63) is 66.2 Å². The van der Waals surface area contributed by atoms with Crippen LogP contribution in [0.1, 0.15) is 25.8 Å². The number of anilines is 1. The van der Waals surface area contributed by atoms with E-state index in [0.717, 1.165) is 15.4 Å². The lowest BCUT2D eigenvalue weighted by molar-refractivity contribution is -0.156. The van der Waals surface area contributed by atoms with Crippen molar-refractivity contribution in [2.45, 2.75) is 26.7 Å². The fourth-order valence-electron chi connectivity index (χ4n) is 3.52. The van der Waals surface area contributed by atoms with E-state index in [2.05, 4.69) is 0 Å². The van der Waals surface area contributed by atoms with Crippen LogP contribution < -0.4 is 4.90 Å². The van der Waals surface area contributed by atoms with Gasteiger partial charge in [-0.15, -0.1) is 0 Å². The quantitative estimate of drug-likeness (QED) is 0.292. The van der Waals surface area contributed by atoms with Crippen LogP contribution in [0.3, 0.4) is 0 Å². The molecule has 0 saturated carbocycles. The summed E-state index contributed by atoms with van der Waals surface area (Å²) in [4.78, 5) is 65.3. The third kappa shape index (κ3) is 6.32. The van der Waals surface area contributed by atoms with Gasteiger partial charge in [0.25, 0.3) is 0 Å². The van der Waals surface area contributed by atoms with Gasteiger partial charge in [-0.2, -0.15) is 0 Å². The molecule has 1 aliphatic heterocycles. The van der Waals surface area contributed by atoms with Crippen molar-refractivity contribution in [3.8, 4) is 0 Å². The van der Waals surface area contributed by atoms with Gasteiger partial charge in [0.15, 0.2) is 0 Å². The Labute approximate surface area is 203 Å². The summed E-state index contributed by atoms with van der Waals surface area (Å²) in [5, 5.41) is 0. The number of urea groups is 1. The molecule has 0 aromatic heterocycles. The molecule has 1 aliphatic rings. The summed E-state index contributed by atoms with van der Waals surface area (Å²) in [6, 6.07) is 16.2. The first kappa shape index (κ1) is 25.6. The van der Waals surface area contributed by atoms with Crippen molar-refractivity contribution in [2.24, 2.45) is 11.8 Å². The highest BCUT2D eigenvalue weighted by Gasteiger charge is 2.47. The molecule has 1 fully saturated rings. The lowest BCUT2D eigenvalue weighted by Crippen LogP contribution is -2.61. The van der Waals surface area contributed by atoms with Gasteiger partial charge >= 0.3 is 18.0 Å². The molecular weight excluding hydrogens is 452 g/mol. The maximum absolute atomic E-state index is 13.2. The number of para-hydroxylation sites is 1. The largest absolute Gasteiger partial charge is 0.462 e. The third-order valence-electron chi connectivity index (χ3n) is 5.69. The molecule has 35 heavy (non-hydrogen) atoms. The average molecular weight is 481 g/mol. The van der Waals surface area contributed by atoms with E-state index in [1.807, 2.05) is 13.0 Å². The monoisotopic (exact) mass is 480 g/mol. The minimum atomic E-state index is -1.18. The summed E-state index contributed by atoms with van der Waals surface area (Å²) >= 11 is 0. The molecule has 2 atom stereocenters. The summed E-state index contributed by atoms with van der Waals surface area (Å²) in [5.74, 6) is -4.12. The van der Waals surface area contributed by atoms with Crippen molar-refractivity contribution < 1.29 is 33.4 Å². The standard InChI is InChI=1S/C26H28N2O7/c1-3-18(2)25(32)35-15-14-34-22(29)17-27-23(30)21(16-19-10-6-4-7-11-19)24(31)28(26(27)33)20-12-8-5-9-13-20/h4-13,18,21H,3,14-17H2,1-2H3. The van der Waals surface area contributed by atoms with Gasteiger partial charge in [0.05, 0.1) is 11.6 Å². The molecule has 0 radical (unpaired) electrons. The average Bonchev–Trinajstić information content (AvgIpc) is 2.87. The number of benzene rings is 2. The predicted molar refractivity (Wildman–Crippen MR) is 126 cm³/mol. The lowest BCUT2D eigenvalue weighted by Gasteiger charge is -2.36. The van der Waals surface area contributed by atoms with Crippen LogP contribution in [0.5, 0.6) is 0 Å². The highest BCUT2D eigenvalue weighted by Crippen LogP contribution is 2.27. The predicted octanol–water partition coefficient (Wildman–Crippen LogP) is 2.97. The van der Waals surface area contributed by atoms with Gasteiger partial charge < -0.3 is 9.47 Å². The highest BCUT2D eigenvalue weighted by atomic mass is 16.6. The molecule has 9 nitrogen and oxygen atoms in total. The molecule has 2 unspecified atom stereocenters. The molecule has 2 aromatic carbocycles. The first-order valence-corrected chi connectivity index (χ1v) is 11.4. The normalized spacial score (nSPS) is 16.7. The maximum Gasteiger partial charge on any atom is 0.338 e. The van der Waals surface area contributed by atoms with Crippen LogP contribution in [0, 0.1) is 11.8 Å². The second kappa shape index (κ2) is 11.9. The maximum atomic E-state index is 13.2. The Morgan fingerprint density at radius 1 is 0.886 bits per heavy atom. The molecule has 2 aromatic rings. The minimum absolute atomic E-state index is 0.0756. The molecule has 1 saturated heterocycles. The van der Waals surface area contributed by atoms with Gasteiger partial charge in [0.2, 0.25) is 11.8 Å². The zero-order valence-corrected chi connectivity index (χ0v) is 19.7. The fraction of sp³-hybridized carbons (Fsp3) is 0.346. The topological polar surface area (TPSA) is 110 Å². The first-order chi connectivity index (χ1) is 16.8. The van der Waals surface area contributed by atoms with E-state index in [9.17, 15) is 24.0 Å². The summed E-state index contributed by atoms with van der Waals surface area (Å²) in [5.41, 5.74) is 1.04. The van der Waals surface area contributed by atoms with Crippen LogP contribution in [0.2, 0.25) is 0 Å². The highest BCUT2D eigenvalue weighted by molar-refractivity contribution is 6.28. The minimum Gasteiger partial charge on any atom is -0.462 e. The van der Waals surface area contributed by atoms with E-state index < -0.39 is 42.2 Å². The second-order valence-electron chi connectivity index (χ2n) is 8.16. The number of carbonyl (C=O) groups excluding carboxylic acids is 5. The number of barbiturate groups is 1. The number of nitrogens with zero attached hydrogens (tertiary/aromatic N) is 2. The van der Waals surface area contributed by atoms with Crippen molar-refractivity contribution in [3.63, 3.8) is 0 Å². The summed E-state index contributed by atoms with van der Waals surface area (Å²) in [7, 11) is 0. The molecule has 0 N–H and O–H groups in total. The zero-order valence-electron chi connectivity index (χ0n) is 19.7. The first-order valence-electron chi connectivity index (χ1n) is 11.4. The number of esters is 2. The Morgan fingerprint density at radius 2 is 1.49 bits per heavy atom. The van der Waals surface area contributed by atoms with E-state index in [-0.39, 0.29) is 25.6 Å². The van der Waals surface area contributed by atoms with Crippen molar-refractivity contribution in [2.75, 3.05) is 24.7 Å². The number of rotatable bonds is 10. The van der Waals surface area contributed by atoms with Crippen molar-refractivity contribution in [1.82, 2.24) is 4.90 Å². The van der Waals surface area contributed by atoms with Crippen molar-refractivity contribution in [1.29, 1.82) is 0 Å². The molecule has 3 rings (SSSR count). The summed E-state index contributed by atoms with van der Waals surface area (Å²) < 4.78 is 10.1. The SMILES string of the molecule is CCC(C)C(=O)OCCOC(=O)CN1C(=O)C(Cc2ccccc2)C(=O)N(c2ccccc2)C1=O. The van der Waals surface area contributed by atoms with Crippen LogP contribution >= 0.6 is 0 Å². The Bertz CT molecular complexity index is 1070. The van der Waals surface area contributed by atoms with E-state index in [0.29, 0.717) is 12.1 Å². The van der Waals surface area contributed by atoms with E-state index in [1.54, 1.807) is 61.5 Å². The number of ether oxygens (including phenoxy) is 2. The summed E-state index contributed by atoms with van der Waals surface area (Å²) in [6.45, 7) is 2.56. The molecule has 9 heteroatoms. The fourth-order valence-corrected chi connectivity index (χ4v) is 3.52. The smallest absolute Gasteiger partial charge is 0.338 e. The lowest BCUT2D eigenvalue weighted by atomic mass is 9.94. The van der Waals surface area contributed by atoms with Crippen LogP contribution in [0.4, 0.5) is 10.5 Å². The van der Waals surface area contributed by atoms with Gasteiger partial charge in [-0.25, -0.2) is 9.69 Å². The molecule has 0 bridgehead atoms. The van der Waals surface area contributed by atoms with Gasteiger partial charge in [0.1, 0.15) is 25.7 Å². The van der Waals surface area contributed by atoms with Gasteiger partial charge in [-0.1, -0.05) is 62.4 Å². The van der Waals surface area contributed by atoms with Crippen LogP contribution in [-0.4, -0.2) is 54.4 Å². The second-order valence-corrected chi connectivity index (χ2v) is 8.16. The summed E-state index contributed by atoms with van der Waals surface area (Å²) in [6.07, 6.45) is 0.699. The van der Waals surface area contributed by atoms with Gasteiger partial charge in [0, 0.05) is 0 Å². The van der Waals surface area contributed by atoms with E-state index >= 15 is 0 Å². The van der Waals surface area contributed by atoms with Gasteiger partial charge in [-0.3, -0.25) is 24.1 Å². The number of amides is 4. The van der Waals surface area contributed by atoms with Crippen LogP contribution in [-0.2, 0) is 35.1 Å². The van der Waals surface area contributed by atoms with Gasteiger partial charge in [-0.05, 0) is 30.5 Å². The Morgan fingerprint density at radius 3 is 2.11 bits per heavy atom. The Balaban J connectivity index is 1.73. The molecule has 0 aliphatic carbocycles. The number of hydrogen-bond donors (Lipinski definition) is 0. The Kier molecular flexibility index (Phi) is 8.72. The van der Waals surface area contributed by atoms with Crippen LogP contribution in [0.25, 0.3) is 0 Å². The number of hydrogen-bond acceptors (Lipinski definition) is 7. The van der Waals surface area contributed by atoms with Crippen molar-refractivity contribution >= 4 is 35.5 Å². The molecule has 1 heterocycles. The molecule has 0 spiro atoms. The molecule has 184 valence electrons. The van der Waals surface area contributed by atoms with E-state index in [4.69, 9.17) is 9.47 Å². The third-order valence-corrected chi connectivity index (χ3v) is 5.69. The van der Waals surface area contributed by atoms with Crippen LogP contribution in [0.15, 0.2) is 60.7 Å². The molecule has 4 amide bonds. The zero-order chi connectivity index (χ0) is 25.4. The Hall–Kier alpha value is -4.01. The number of carbonyl (C=O) groups is 5. The molecular formula is C26H28N2O7.